The van der Waals surface area contributed by atoms with Crippen LogP contribution >= 0.6 is 0 Å². The van der Waals surface area contributed by atoms with Gasteiger partial charge in [0, 0.05) is 6.07 Å². The average Bonchev–Trinajstić information content (AvgIpc) is 2.50. The van der Waals surface area contributed by atoms with Crippen molar-refractivity contribution in [2.45, 2.75) is 6.92 Å². The number of hydrogen-bond donors (Lipinski definition) is 1. The highest BCUT2D eigenvalue weighted by Crippen LogP contribution is 2.11. The molecular formula is C9H9FN4. The second kappa shape index (κ2) is 3.10. The first-order valence-corrected chi connectivity index (χ1v) is 4.10. The summed E-state index contributed by atoms with van der Waals surface area (Å²) in [6.45, 7) is 1.80. The number of nitrogens with two attached hydrogens (primary N) is 1. The van der Waals surface area contributed by atoms with Crippen molar-refractivity contribution in [3.63, 3.8) is 0 Å². The Morgan fingerprint density at radius 2 is 2.14 bits per heavy atom. The van der Waals surface area contributed by atoms with E-state index >= 15 is 0 Å². The predicted molar refractivity (Wildman–Crippen MR) is 50.5 cm³/mol. The van der Waals surface area contributed by atoms with Crippen LogP contribution < -0.4 is 5.73 Å². The van der Waals surface area contributed by atoms with Gasteiger partial charge in [-0.3, -0.25) is 0 Å². The van der Waals surface area contributed by atoms with Gasteiger partial charge in [0.05, 0.1) is 11.9 Å². The molecule has 2 rings (SSSR count). The van der Waals surface area contributed by atoms with E-state index in [1.165, 1.54) is 23.1 Å². The van der Waals surface area contributed by atoms with E-state index in [4.69, 9.17) is 5.73 Å². The van der Waals surface area contributed by atoms with Crippen molar-refractivity contribution >= 4 is 5.82 Å². The fraction of sp³-hybridized carbons (Fsp3) is 0.111. The first kappa shape index (κ1) is 8.68. The molecule has 1 aromatic heterocycles. The lowest BCUT2D eigenvalue weighted by molar-refractivity contribution is 0.621. The second-order valence-electron chi connectivity index (χ2n) is 3.05. The molecule has 1 aromatic carbocycles. The van der Waals surface area contributed by atoms with Gasteiger partial charge in [0.25, 0.3) is 0 Å². The van der Waals surface area contributed by atoms with Crippen LogP contribution in [0.2, 0.25) is 0 Å². The summed E-state index contributed by atoms with van der Waals surface area (Å²) in [7, 11) is 0. The summed E-state index contributed by atoms with van der Waals surface area (Å²) in [6.07, 6.45) is 1.42. The smallest absolute Gasteiger partial charge is 0.166 e. The topological polar surface area (TPSA) is 56.7 Å². The van der Waals surface area contributed by atoms with Crippen molar-refractivity contribution in [3.8, 4) is 5.69 Å². The maximum absolute atomic E-state index is 13.0. The van der Waals surface area contributed by atoms with Crippen molar-refractivity contribution in [2.75, 3.05) is 5.73 Å². The van der Waals surface area contributed by atoms with Gasteiger partial charge in [-0.05, 0) is 24.6 Å². The van der Waals surface area contributed by atoms with Gasteiger partial charge in [-0.1, -0.05) is 0 Å². The molecule has 0 unspecified atom stereocenters. The number of benzene rings is 1. The molecule has 0 aliphatic rings. The van der Waals surface area contributed by atoms with E-state index in [0.29, 0.717) is 11.5 Å². The van der Waals surface area contributed by atoms with Gasteiger partial charge in [-0.2, -0.15) is 5.10 Å². The summed E-state index contributed by atoms with van der Waals surface area (Å²) in [5, 5.41) is 7.76. The Kier molecular flexibility index (Phi) is 1.92. The van der Waals surface area contributed by atoms with E-state index in [-0.39, 0.29) is 5.82 Å². The number of hydrogen-bond acceptors (Lipinski definition) is 3. The Labute approximate surface area is 80.2 Å². The van der Waals surface area contributed by atoms with Crippen molar-refractivity contribution in [1.82, 2.24) is 15.0 Å². The standard InChI is InChI=1S/C9H9FN4/c1-6-2-7(10)4-8(3-6)14-12-5-9(11)13-14/h2-5H,1H3,(H2,11,13). The van der Waals surface area contributed by atoms with Crippen LogP contribution in [0.1, 0.15) is 5.56 Å². The zero-order valence-corrected chi connectivity index (χ0v) is 7.61. The molecule has 1 heterocycles. The molecule has 2 N–H and O–H groups in total. The minimum absolute atomic E-state index is 0.309. The lowest BCUT2D eigenvalue weighted by Crippen LogP contribution is -2.00. The zero-order valence-electron chi connectivity index (χ0n) is 7.61. The van der Waals surface area contributed by atoms with E-state index in [1.807, 2.05) is 0 Å². The molecule has 5 heteroatoms. The number of aromatic nitrogens is 3. The van der Waals surface area contributed by atoms with E-state index in [2.05, 4.69) is 10.2 Å². The Balaban J connectivity index is 2.51. The number of nitrogens with zero attached hydrogens (tertiary/aromatic N) is 3. The number of halogens is 1. The lowest BCUT2D eigenvalue weighted by Gasteiger charge is -2.00. The molecule has 0 atom stereocenters. The minimum atomic E-state index is -0.309. The van der Waals surface area contributed by atoms with E-state index in [1.54, 1.807) is 13.0 Å². The third-order valence-corrected chi connectivity index (χ3v) is 1.77. The summed E-state index contributed by atoms with van der Waals surface area (Å²) in [5.41, 5.74) is 6.79. The predicted octanol–water partition coefficient (Wildman–Crippen LogP) is 1.30. The zero-order chi connectivity index (χ0) is 10.1. The van der Waals surface area contributed by atoms with Gasteiger partial charge in [-0.25, -0.2) is 4.39 Å². The normalized spacial score (nSPS) is 10.4. The fourth-order valence-corrected chi connectivity index (χ4v) is 1.23. The van der Waals surface area contributed by atoms with Crippen LogP contribution in [0.25, 0.3) is 5.69 Å². The Morgan fingerprint density at radius 1 is 1.36 bits per heavy atom. The molecule has 14 heavy (non-hydrogen) atoms. The molecule has 0 aliphatic heterocycles. The van der Waals surface area contributed by atoms with Gasteiger partial charge in [-0.15, -0.1) is 9.90 Å². The summed E-state index contributed by atoms with van der Waals surface area (Å²) >= 11 is 0. The molecular weight excluding hydrogens is 183 g/mol. The molecule has 2 aromatic rings. The first-order valence-electron chi connectivity index (χ1n) is 4.10. The highest BCUT2D eigenvalue weighted by Gasteiger charge is 2.02. The van der Waals surface area contributed by atoms with Gasteiger partial charge in [0.1, 0.15) is 5.82 Å². The minimum Gasteiger partial charge on any atom is -0.381 e. The number of aryl methyl sites for hydroxylation is 1. The second-order valence-corrected chi connectivity index (χ2v) is 3.05. The number of nitrogen functional groups attached to an aromatic ring is 1. The molecule has 0 saturated carbocycles. The lowest BCUT2D eigenvalue weighted by atomic mass is 10.2. The van der Waals surface area contributed by atoms with Crippen molar-refractivity contribution in [1.29, 1.82) is 0 Å². The van der Waals surface area contributed by atoms with Gasteiger partial charge in [0.2, 0.25) is 0 Å². The molecule has 0 saturated heterocycles. The van der Waals surface area contributed by atoms with Crippen LogP contribution in [0.15, 0.2) is 24.4 Å². The largest absolute Gasteiger partial charge is 0.381 e. The molecule has 0 bridgehead atoms. The third-order valence-electron chi connectivity index (χ3n) is 1.77. The Hall–Kier alpha value is -1.91. The van der Waals surface area contributed by atoms with Crippen LogP contribution in [-0.4, -0.2) is 15.0 Å². The maximum Gasteiger partial charge on any atom is 0.166 e. The Morgan fingerprint density at radius 3 is 2.71 bits per heavy atom. The highest BCUT2D eigenvalue weighted by atomic mass is 19.1. The van der Waals surface area contributed by atoms with Crippen LogP contribution in [0.4, 0.5) is 10.2 Å². The molecule has 0 fully saturated rings. The van der Waals surface area contributed by atoms with Gasteiger partial charge in [0.15, 0.2) is 5.82 Å². The van der Waals surface area contributed by atoms with E-state index in [9.17, 15) is 4.39 Å². The van der Waals surface area contributed by atoms with Gasteiger partial charge < -0.3 is 5.73 Å². The maximum atomic E-state index is 13.0. The molecule has 72 valence electrons. The fourth-order valence-electron chi connectivity index (χ4n) is 1.23. The Bertz CT molecular complexity index is 443. The molecule has 0 radical (unpaired) electrons. The quantitative estimate of drug-likeness (QED) is 0.740. The van der Waals surface area contributed by atoms with E-state index in [0.717, 1.165) is 5.56 Å². The molecule has 0 amide bonds. The monoisotopic (exact) mass is 192 g/mol. The SMILES string of the molecule is Cc1cc(F)cc(-n2ncc(N)n2)c1. The summed E-state index contributed by atoms with van der Waals surface area (Å²) in [5.74, 6) is 0.00258. The van der Waals surface area contributed by atoms with Gasteiger partial charge >= 0.3 is 0 Å². The average molecular weight is 192 g/mol. The van der Waals surface area contributed by atoms with Crippen LogP contribution in [0.5, 0.6) is 0 Å². The number of rotatable bonds is 1. The molecule has 0 aliphatic carbocycles. The summed E-state index contributed by atoms with van der Waals surface area (Å²) in [6, 6.07) is 4.57. The van der Waals surface area contributed by atoms with Crippen LogP contribution in [-0.2, 0) is 0 Å². The van der Waals surface area contributed by atoms with Crippen molar-refractivity contribution in [3.05, 3.63) is 35.8 Å². The van der Waals surface area contributed by atoms with Crippen LogP contribution in [0.3, 0.4) is 0 Å². The molecule has 4 nitrogen and oxygen atoms in total. The van der Waals surface area contributed by atoms with Crippen molar-refractivity contribution in [2.24, 2.45) is 0 Å². The summed E-state index contributed by atoms with van der Waals surface area (Å²) < 4.78 is 13.0. The first-order chi connectivity index (χ1) is 6.65. The van der Waals surface area contributed by atoms with Crippen LogP contribution in [0, 0.1) is 12.7 Å². The molecule has 0 spiro atoms. The van der Waals surface area contributed by atoms with Crippen molar-refractivity contribution < 1.29 is 4.39 Å². The number of anilines is 1. The summed E-state index contributed by atoms with van der Waals surface area (Å²) in [4.78, 5) is 1.30. The highest BCUT2D eigenvalue weighted by molar-refractivity contribution is 5.35. The third kappa shape index (κ3) is 1.56. The van der Waals surface area contributed by atoms with E-state index < -0.39 is 0 Å².